The highest BCUT2D eigenvalue weighted by Gasteiger charge is 2.30. The van der Waals surface area contributed by atoms with Crippen molar-refractivity contribution in [2.24, 2.45) is 5.11 Å². The Bertz CT molecular complexity index is 1700. The quantitative estimate of drug-likeness (QED) is 0.146. The lowest BCUT2D eigenvalue weighted by Crippen LogP contribution is -2.52. The summed E-state index contributed by atoms with van der Waals surface area (Å²) in [5.74, 6) is 1.23. The molecular weight excluding hydrogens is 549 g/mol. The van der Waals surface area contributed by atoms with Gasteiger partial charge in [0, 0.05) is 44.4 Å². The van der Waals surface area contributed by atoms with Crippen LogP contribution in [0.15, 0.2) is 66.6 Å². The first-order chi connectivity index (χ1) is 20.7. The monoisotopic (exact) mass is 583 g/mol. The smallest absolute Gasteiger partial charge is 0.246 e. The first kappa shape index (κ1) is 29.4. The SMILES string of the molecule is C=CC(=O)N1CC(N(C)c2ccc3ncnc(Nc4ccc(Oc5ccc(NC)c(N=N)c5)c(C)c4F)c3n2)CC[C@@H]1C. The molecule has 2 atom stereocenters. The van der Waals surface area contributed by atoms with Crippen LogP contribution in [0.5, 0.6) is 11.5 Å². The van der Waals surface area contributed by atoms with Crippen LogP contribution in [0.3, 0.4) is 0 Å². The molecule has 0 radical (unpaired) electrons. The molecule has 43 heavy (non-hydrogen) atoms. The number of carbonyl (C=O) groups is 1. The summed E-state index contributed by atoms with van der Waals surface area (Å²) in [5.41, 5.74) is 10.1. The number of pyridine rings is 1. The number of nitrogens with one attached hydrogen (secondary N) is 3. The Morgan fingerprint density at radius 2 is 2.00 bits per heavy atom. The van der Waals surface area contributed by atoms with Gasteiger partial charge in [-0.3, -0.25) is 4.79 Å². The number of carbonyl (C=O) groups excluding carboxylic acids is 1. The molecule has 0 aliphatic carbocycles. The standard InChI is InChI=1S/C31H34FN9O2/c1-6-28(42)41-16-20(8-7-18(41)2)40(5)27-14-12-24-30(38-27)31(36-17-35-24)37-23-11-13-26(19(3)29(23)32)43-21-9-10-22(34-4)25(15-21)39-33/h6,9-15,17-18,20,33-34H,1,7-8,16H2,2-5H3,(H,35,36,37)/t18-,20?/m0/s1. The lowest BCUT2D eigenvalue weighted by Gasteiger charge is -2.41. The summed E-state index contributed by atoms with van der Waals surface area (Å²) in [6, 6.07) is 12.3. The van der Waals surface area contributed by atoms with Crippen molar-refractivity contribution >= 4 is 45.6 Å². The lowest BCUT2D eigenvalue weighted by atomic mass is 9.98. The molecule has 1 unspecified atom stereocenters. The number of nitrogens with zero attached hydrogens (tertiary/aromatic N) is 6. The zero-order chi connectivity index (χ0) is 30.7. The third-order valence-corrected chi connectivity index (χ3v) is 7.87. The highest BCUT2D eigenvalue weighted by atomic mass is 19.1. The van der Waals surface area contributed by atoms with Gasteiger partial charge in [0.2, 0.25) is 5.91 Å². The van der Waals surface area contributed by atoms with Gasteiger partial charge >= 0.3 is 0 Å². The second-order valence-electron chi connectivity index (χ2n) is 10.5. The zero-order valence-corrected chi connectivity index (χ0v) is 24.6. The molecule has 2 aromatic carbocycles. The summed E-state index contributed by atoms with van der Waals surface area (Å²) in [6.45, 7) is 7.88. The highest BCUT2D eigenvalue weighted by Crippen LogP contribution is 2.36. The van der Waals surface area contributed by atoms with Gasteiger partial charge in [0.15, 0.2) is 11.6 Å². The van der Waals surface area contributed by atoms with E-state index in [-0.39, 0.29) is 23.7 Å². The van der Waals surface area contributed by atoms with Crippen LogP contribution >= 0.6 is 0 Å². The number of likely N-dealkylation sites (tertiary alicyclic amines) is 1. The molecule has 4 aromatic rings. The number of halogens is 1. The molecule has 3 heterocycles. The molecule has 1 amide bonds. The molecule has 5 rings (SSSR count). The van der Waals surface area contributed by atoms with Crippen LogP contribution in [0.4, 0.5) is 33.1 Å². The maximum atomic E-state index is 15.6. The van der Waals surface area contributed by atoms with E-state index in [0.29, 0.717) is 57.7 Å². The molecule has 1 aliphatic heterocycles. The number of piperidine rings is 1. The van der Waals surface area contributed by atoms with Crippen LogP contribution < -0.4 is 20.3 Å². The third kappa shape index (κ3) is 5.94. The second kappa shape index (κ2) is 12.4. The van der Waals surface area contributed by atoms with Crippen LogP contribution in [0.25, 0.3) is 11.0 Å². The van der Waals surface area contributed by atoms with Gasteiger partial charge in [-0.15, -0.1) is 0 Å². The molecular formula is C31H34FN9O2. The van der Waals surface area contributed by atoms with E-state index in [9.17, 15) is 4.79 Å². The van der Waals surface area contributed by atoms with Crippen molar-refractivity contribution in [3.63, 3.8) is 0 Å². The van der Waals surface area contributed by atoms with Crippen molar-refractivity contribution in [2.75, 3.05) is 36.2 Å². The number of fused-ring (bicyclic) bond motifs is 1. The van der Waals surface area contributed by atoms with E-state index in [1.165, 1.54) is 12.4 Å². The van der Waals surface area contributed by atoms with Gasteiger partial charge in [-0.1, -0.05) is 6.58 Å². The summed E-state index contributed by atoms with van der Waals surface area (Å²) < 4.78 is 21.5. The van der Waals surface area contributed by atoms with Crippen molar-refractivity contribution < 1.29 is 13.9 Å². The van der Waals surface area contributed by atoms with E-state index in [1.54, 1.807) is 44.3 Å². The number of aromatic nitrogens is 3. The summed E-state index contributed by atoms with van der Waals surface area (Å²) >= 11 is 0. The van der Waals surface area contributed by atoms with Gasteiger partial charge in [-0.2, -0.15) is 5.11 Å². The maximum absolute atomic E-state index is 15.6. The fraction of sp³-hybridized carbons (Fsp3) is 0.290. The molecule has 0 bridgehead atoms. The van der Waals surface area contributed by atoms with E-state index >= 15 is 4.39 Å². The van der Waals surface area contributed by atoms with Gasteiger partial charge in [0.1, 0.15) is 34.8 Å². The number of likely N-dealkylation sites (N-methyl/N-ethyl adjacent to an activating group) is 1. The molecule has 11 nitrogen and oxygen atoms in total. The summed E-state index contributed by atoms with van der Waals surface area (Å²) in [5, 5.41) is 9.56. The molecule has 3 N–H and O–H groups in total. The first-order valence-corrected chi connectivity index (χ1v) is 13.9. The number of anilines is 4. The van der Waals surface area contributed by atoms with E-state index in [2.05, 4.69) is 37.2 Å². The largest absolute Gasteiger partial charge is 0.457 e. The van der Waals surface area contributed by atoms with Gasteiger partial charge in [-0.25, -0.2) is 24.9 Å². The van der Waals surface area contributed by atoms with Crippen molar-refractivity contribution in [1.29, 1.82) is 5.53 Å². The predicted octanol–water partition coefficient (Wildman–Crippen LogP) is 6.71. The van der Waals surface area contributed by atoms with Gasteiger partial charge in [0.05, 0.1) is 16.9 Å². The molecule has 222 valence electrons. The minimum absolute atomic E-state index is 0.0685. The minimum Gasteiger partial charge on any atom is -0.457 e. The third-order valence-electron chi connectivity index (χ3n) is 7.87. The number of ether oxygens (including phenoxy) is 1. The summed E-state index contributed by atoms with van der Waals surface area (Å²) in [4.78, 5) is 29.9. The van der Waals surface area contributed by atoms with Crippen molar-refractivity contribution in [1.82, 2.24) is 19.9 Å². The predicted molar refractivity (Wildman–Crippen MR) is 165 cm³/mol. The van der Waals surface area contributed by atoms with Crippen LogP contribution in [-0.4, -0.2) is 58.5 Å². The molecule has 1 aliphatic rings. The van der Waals surface area contributed by atoms with E-state index in [1.807, 2.05) is 31.0 Å². The molecule has 2 aromatic heterocycles. The molecule has 0 saturated carbocycles. The Labute approximate surface area is 249 Å². The van der Waals surface area contributed by atoms with E-state index in [4.69, 9.17) is 15.3 Å². The van der Waals surface area contributed by atoms with Gasteiger partial charge < -0.3 is 25.2 Å². The van der Waals surface area contributed by atoms with Crippen LogP contribution in [-0.2, 0) is 4.79 Å². The summed E-state index contributed by atoms with van der Waals surface area (Å²) in [7, 11) is 3.70. The highest BCUT2D eigenvalue weighted by molar-refractivity contribution is 5.89. The van der Waals surface area contributed by atoms with Gasteiger partial charge in [0.25, 0.3) is 0 Å². The van der Waals surface area contributed by atoms with Gasteiger partial charge in [-0.05, 0) is 69.2 Å². The normalized spacial score (nSPS) is 16.4. The van der Waals surface area contributed by atoms with Crippen LogP contribution in [0.2, 0.25) is 0 Å². The first-order valence-electron chi connectivity index (χ1n) is 13.9. The van der Waals surface area contributed by atoms with Crippen molar-refractivity contribution in [3.8, 4) is 11.5 Å². The zero-order valence-electron chi connectivity index (χ0n) is 24.6. The van der Waals surface area contributed by atoms with Crippen molar-refractivity contribution in [2.45, 2.75) is 38.8 Å². The molecule has 1 saturated heterocycles. The number of hydrogen-bond donors (Lipinski definition) is 3. The Kier molecular flexibility index (Phi) is 8.46. The number of rotatable bonds is 9. The Balaban J connectivity index is 1.39. The number of amides is 1. The van der Waals surface area contributed by atoms with Crippen LogP contribution in [0.1, 0.15) is 25.3 Å². The Morgan fingerprint density at radius 3 is 2.74 bits per heavy atom. The number of hydrogen-bond acceptors (Lipinski definition) is 10. The lowest BCUT2D eigenvalue weighted by molar-refractivity contribution is -0.129. The van der Waals surface area contributed by atoms with E-state index in [0.717, 1.165) is 12.8 Å². The molecule has 0 spiro atoms. The number of benzene rings is 2. The Morgan fingerprint density at radius 1 is 1.21 bits per heavy atom. The molecule has 1 fully saturated rings. The Hall–Kier alpha value is -5.13. The average molecular weight is 584 g/mol. The van der Waals surface area contributed by atoms with Crippen molar-refractivity contribution in [3.05, 3.63) is 72.8 Å². The fourth-order valence-electron chi connectivity index (χ4n) is 5.24. The second-order valence-corrected chi connectivity index (χ2v) is 10.5. The van der Waals surface area contributed by atoms with E-state index < -0.39 is 5.82 Å². The summed E-state index contributed by atoms with van der Waals surface area (Å²) in [6.07, 6.45) is 4.54. The maximum Gasteiger partial charge on any atom is 0.246 e. The topological polar surface area (TPSA) is 132 Å². The average Bonchev–Trinajstić information content (AvgIpc) is 3.03. The fourth-order valence-corrected chi connectivity index (χ4v) is 5.24. The minimum atomic E-state index is -0.502. The van der Waals surface area contributed by atoms with Crippen LogP contribution in [0, 0.1) is 18.3 Å². The molecule has 12 heteroatoms.